The van der Waals surface area contributed by atoms with Crippen LogP contribution in [0.3, 0.4) is 0 Å². The van der Waals surface area contributed by atoms with Gasteiger partial charge in [0.25, 0.3) is 0 Å². The third-order valence-electron chi connectivity index (χ3n) is 7.85. The Morgan fingerprint density at radius 2 is 1.54 bits per heavy atom. The molecule has 146 valence electrons. The Morgan fingerprint density at radius 1 is 0.923 bits per heavy atom. The summed E-state index contributed by atoms with van der Waals surface area (Å²) in [5.74, 6) is 1.16. The standard InChI is InChI=1S/C22H34O4/c1-15(2)22(7-5-4-6-8-22)26-19(24)20-10-17-9-18(11-20)13-21(12-17,14-20)25-16(3)23/h15,17-18H,4-14H2,1-3H3. The van der Waals surface area contributed by atoms with E-state index in [-0.39, 0.29) is 17.5 Å². The molecule has 5 aliphatic carbocycles. The molecule has 0 aromatic rings. The molecule has 0 spiro atoms. The summed E-state index contributed by atoms with van der Waals surface area (Å²) in [7, 11) is 0. The van der Waals surface area contributed by atoms with Crippen molar-refractivity contribution >= 4 is 11.9 Å². The third kappa shape index (κ3) is 2.97. The molecule has 4 bridgehead atoms. The predicted molar refractivity (Wildman–Crippen MR) is 98.4 cm³/mol. The molecule has 0 amide bonds. The molecule has 0 aromatic carbocycles. The molecule has 26 heavy (non-hydrogen) atoms. The first-order chi connectivity index (χ1) is 12.3. The Labute approximate surface area is 157 Å². The van der Waals surface area contributed by atoms with E-state index in [9.17, 15) is 9.59 Å². The number of hydrogen-bond donors (Lipinski definition) is 0. The van der Waals surface area contributed by atoms with Crippen LogP contribution in [0.2, 0.25) is 0 Å². The van der Waals surface area contributed by atoms with Gasteiger partial charge in [0, 0.05) is 13.3 Å². The maximum Gasteiger partial charge on any atom is 0.312 e. The molecule has 5 fully saturated rings. The fraction of sp³-hybridized carbons (Fsp3) is 0.909. The molecule has 5 aliphatic rings. The van der Waals surface area contributed by atoms with Crippen LogP contribution < -0.4 is 0 Å². The molecular weight excluding hydrogens is 328 g/mol. The van der Waals surface area contributed by atoms with E-state index in [0.717, 1.165) is 51.4 Å². The van der Waals surface area contributed by atoms with Gasteiger partial charge >= 0.3 is 11.9 Å². The van der Waals surface area contributed by atoms with Crippen LogP contribution in [0, 0.1) is 23.2 Å². The van der Waals surface area contributed by atoms with Crippen molar-refractivity contribution in [3.8, 4) is 0 Å². The zero-order chi connectivity index (χ0) is 18.6. The fourth-order valence-electron chi connectivity index (χ4n) is 7.08. The summed E-state index contributed by atoms with van der Waals surface area (Å²) < 4.78 is 12.2. The second-order valence-electron chi connectivity index (χ2n) is 10.2. The minimum absolute atomic E-state index is 0.0127. The van der Waals surface area contributed by atoms with E-state index < -0.39 is 11.0 Å². The number of hydrogen-bond acceptors (Lipinski definition) is 4. The lowest BCUT2D eigenvalue weighted by molar-refractivity contribution is -0.222. The van der Waals surface area contributed by atoms with Crippen LogP contribution in [0.15, 0.2) is 0 Å². The number of esters is 2. The van der Waals surface area contributed by atoms with Gasteiger partial charge in [-0.2, -0.15) is 0 Å². The van der Waals surface area contributed by atoms with Crippen LogP contribution in [-0.4, -0.2) is 23.1 Å². The van der Waals surface area contributed by atoms with Crippen molar-refractivity contribution in [1.29, 1.82) is 0 Å². The van der Waals surface area contributed by atoms with E-state index in [2.05, 4.69) is 13.8 Å². The molecule has 4 nitrogen and oxygen atoms in total. The van der Waals surface area contributed by atoms with Crippen LogP contribution in [-0.2, 0) is 19.1 Å². The minimum atomic E-state index is -0.418. The van der Waals surface area contributed by atoms with Gasteiger partial charge in [-0.3, -0.25) is 9.59 Å². The Kier molecular flexibility index (Phi) is 4.39. The van der Waals surface area contributed by atoms with E-state index in [1.165, 1.54) is 19.8 Å². The molecule has 5 saturated carbocycles. The van der Waals surface area contributed by atoms with Gasteiger partial charge in [-0.25, -0.2) is 0 Å². The Bertz CT molecular complexity index is 573. The topological polar surface area (TPSA) is 52.6 Å². The summed E-state index contributed by atoms with van der Waals surface area (Å²) in [6.45, 7) is 5.89. The van der Waals surface area contributed by atoms with Crippen molar-refractivity contribution in [2.45, 2.75) is 103 Å². The summed E-state index contributed by atoms with van der Waals surface area (Å²) in [5.41, 5.74) is -1.11. The lowest BCUT2D eigenvalue weighted by atomic mass is 9.48. The van der Waals surface area contributed by atoms with E-state index >= 15 is 0 Å². The summed E-state index contributed by atoms with van der Waals surface area (Å²) >= 11 is 0. The highest BCUT2D eigenvalue weighted by molar-refractivity contribution is 5.78. The molecule has 0 heterocycles. The first kappa shape index (κ1) is 18.3. The average Bonchev–Trinajstić information content (AvgIpc) is 2.53. The molecular formula is C22H34O4. The van der Waals surface area contributed by atoms with E-state index in [0.29, 0.717) is 24.2 Å². The van der Waals surface area contributed by atoms with Crippen LogP contribution in [0.25, 0.3) is 0 Å². The largest absolute Gasteiger partial charge is 0.459 e. The van der Waals surface area contributed by atoms with Crippen LogP contribution in [0.4, 0.5) is 0 Å². The zero-order valence-corrected chi connectivity index (χ0v) is 16.6. The van der Waals surface area contributed by atoms with Crippen molar-refractivity contribution in [2.24, 2.45) is 23.2 Å². The molecule has 4 heteroatoms. The molecule has 0 saturated heterocycles. The van der Waals surface area contributed by atoms with Gasteiger partial charge in [0.2, 0.25) is 0 Å². The van der Waals surface area contributed by atoms with Gasteiger partial charge in [0.1, 0.15) is 11.2 Å². The molecule has 0 aromatic heterocycles. The lowest BCUT2D eigenvalue weighted by Crippen LogP contribution is -2.61. The van der Waals surface area contributed by atoms with Crippen molar-refractivity contribution in [3.63, 3.8) is 0 Å². The molecule has 0 radical (unpaired) electrons. The quantitative estimate of drug-likeness (QED) is 0.675. The van der Waals surface area contributed by atoms with Gasteiger partial charge < -0.3 is 9.47 Å². The summed E-state index contributed by atoms with van der Waals surface area (Å²) in [5, 5.41) is 0. The van der Waals surface area contributed by atoms with Crippen LogP contribution >= 0.6 is 0 Å². The Balaban J connectivity index is 1.58. The highest BCUT2D eigenvalue weighted by atomic mass is 16.6. The van der Waals surface area contributed by atoms with Crippen molar-refractivity contribution < 1.29 is 19.1 Å². The number of carbonyl (C=O) groups is 2. The number of carbonyl (C=O) groups excluding carboxylic acids is 2. The Morgan fingerprint density at radius 3 is 2.08 bits per heavy atom. The van der Waals surface area contributed by atoms with Crippen molar-refractivity contribution in [3.05, 3.63) is 0 Å². The van der Waals surface area contributed by atoms with Crippen LogP contribution in [0.5, 0.6) is 0 Å². The minimum Gasteiger partial charge on any atom is -0.459 e. The molecule has 0 aliphatic heterocycles. The average molecular weight is 363 g/mol. The summed E-state index contributed by atoms with van der Waals surface area (Å²) in [4.78, 5) is 25.3. The second kappa shape index (κ2) is 6.24. The van der Waals surface area contributed by atoms with Gasteiger partial charge in [-0.1, -0.05) is 20.3 Å². The predicted octanol–water partition coefficient (Wildman–Crippen LogP) is 4.79. The van der Waals surface area contributed by atoms with Crippen molar-refractivity contribution in [1.82, 2.24) is 0 Å². The molecule has 0 N–H and O–H groups in total. The number of ether oxygens (including phenoxy) is 2. The maximum atomic E-state index is 13.5. The Hall–Kier alpha value is -1.06. The monoisotopic (exact) mass is 362 g/mol. The SMILES string of the molecule is CC(=O)OC12CC3CC(C1)CC(C(=O)OC1(C(C)C)CCCCC1)(C3)C2. The summed E-state index contributed by atoms with van der Waals surface area (Å²) in [6.07, 6.45) is 11.1. The highest BCUT2D eigenvalue weighted by Gasteiger charge is 2.63. The molecule has 2 atom stereocenters. The maximum absolute atomic E-state index is 13.5. The zero-order valence-electron chi connectivity index (χ0n) is 16.6. The van der Waals surface area contributed by atoms with E-state index in [1.54, 1.807) is 0 Å². The normalized spacial score (nSPS) is 40.5. The fourth-order valence-corrected chi connectivity index (χ4v) is 7.08. The van der Waals surface area contributed by atoms with E-state index in [4.69, 9.17) is 9.47 Å². The smallest absolute Gasteiger partial charge is 0.312 e. The highest BCUT2D eigenvalue weighted by Crippen LogP contribution is 2.63. The molecule has 5 rings (SSSR count). The first-order valence-electron chi connectivity index (χ1n) is 10.7. The van der Waals surface area contributed by atoms with Crippen LogP contribution in [0.1, 0.15) is 91.4 Å². The van der Waals surface area contributed by atoms with Gasteiger partial charge in [0.05, 0.1) is 5.41 Å². The van der Waals surface area contributed by atoms with Crippen molar-refractivity contribution in [2.75, 3.05) is 0 Å². The van der Waals surface area contributed by atoms with E-state index in [1.807, 2.05) is 0 Å². The molecule has 2 unspecified atom stereocenters. The van der Waals surface area contributed by atoms with Gasteiger partial charge in [-0.05, 0) is 75.5 Å². The van der Waals surface area contributed by atoms with Gasteiger partial charge in [-0.15, -0.1) is 0 Å². The second-order valence-corrected chi connectivity index (χ2v) is 10.2. The lowest BCUT2D eigenvalue weighted by Gasteiger charge is -2.60. The number of rotatable bonds is 4. The third-order valence-corrected chi connectivity index (χ3v) is 7.85. The summed E-state index contributed by atoms with van der Waals surface area (Å²) in [6, 6.07) is 0. The van der Waals surface area contributed by atoms with Gasteiger partial charge in [0.15, 0.2) is 0 Å². The first-order valence-corrected chi connectivity index (χ1v) is 10.7.